The van der Waals surface area contributed by atoms with Gasteiger partial charge < -0.3 is 15.6 Å². The molecule has 0 saturated heterocycles. The van der Waals surface area contributed by atoms with Gasteiger partial charge in [-0.3, -0.25) is 9.48 Å². The number of hydrogen-bond donors (Lipinski definition) is 2. The lowest BCUT2D eigenvalue weighted by atomic mass is 10.0. The van der Waals surface area contributed by atoms with Gasteiger partial charge in [-0.15, -0.1) is 0 Å². The van der Waals surface area contributed by atoms with Crippen molar-refractivity contribution in [3.63, 3.8) is 0 Å². The molecule has 3 N–H and O–H groups in total. The number of rotatable bonds is 5. The molecular weight excluding hydrogens is 368 g/mol. The van der Waals surface area contributed by atoms with Gasteiger partial charge in [-0.25, -0.2) is 0 Å². The summed E-state index contributed by atoms with van der Waals surface area (Å²) in [5, 5.41) is 11.7. The predicted octanol–water partition coefficient (Wildman–Crippen LogP) is 2.95. The van der Waals surface area contributed by atoms with Crippen LogP contribution in [0.4, 0.5) is 5.69 Å². The van der Waals surface area contributed by atoms with Crippen molar-refractivity contribution < 1.29 is 9.32 Å². The third kappa shape index (κ3) is 3.80. The molecule has 2 heterocycles. The molecule has 1 amide bonds. The molecule has 0 saturated carbocycles. The van der Waals surface area contributed by atoms with Crippen LogP contribution in [0.3, 0.4) is 0 Å². The summed E-state index contributed by atoms with van der Waals surface area (Å²) in [7, 11) is 0. The van der Waals surface area contributed by atoms with Gasteiger partial charge in [0.1, 0.15) is 5.54 Å². The normalized spacial score (nSPS) is 12.2. The van der Waals surface area contributed by atoms with E-state index >= 15 is 0 Å². The number of nitrogen functional groups attached to an aromatic ring is 1. The zero-order valence-corrected chi connectivity index (χ0v) is 16.3. The molecular formula is C18H21ClN6O2. The van der Waals surface area contributed by atoms with Crippen LogP contribution in [0.15, 0.2) is 41.2 Å². The summed E-state index contributed by atoms with van der Waals surface area (Å²) in [6.45, 7) is 7.36. The maximum Gasteiger partial charge on any atom is 0.254 e. The highest BCUT2D eigenvalue weighted by molar-refractivity contribution is 6.30. The summed E-state index contributed by atoms with van der Waals surface area (Å²) in [5.41, 5.74) is 5.17. The molecule has 0 bridgehead atoms. The third-order valence-electron chi connectivity index (χ3n) is 4.20. The highest BCUT2D eigenvalue weighted by atomic mass is 35.5. The molecule has 0 spiro atoms. The number of carbonyl (C=O) groups excluding carboxylic acids is 1. The molecule has 0 atom stereocenters. The average Bonchev–Trinajstić information content (AvgIpc) is 3.24. The molecule has 142 valence electrons. The van der Waals surface area contributed by atoms with Crippen molar-refractivity contribution in [1.82, 2.24) is 25.2 Å². The Morgan fingerprint density at radius 1 is 1.30 bits per heavy atom. The van der Waals surface area contributed by atoms with Crippen LogP contribution in [0.2, 0.25) is 5.02 Å². The second-order valence-corrected chi connectivity index (χ2v) is 7.73. The van der Waals surface area contributed by atoms with E-state index in [1.807, 2.05) is 13.8 Å². The third-order valence-corrected chi connectivity index (χ3v) is 4.43. The maximum atomic E-state index is 12.5. The van der Waals surface area contributed by atoms with Crippen molar-refractivity contribution in [2.75, 3.05) is 5.73 Å². The number of nitrogens with two attached hydrogens (primary N) is 1. The Balaban J connectivity index is 1.83. The summed E-state index contributed by atoms with van der Waals surface area (Å²) >= 11 is 5.95. The van der Waals surface area contributed by atoms with E-state index in [0.717, 1.165) is 0 Å². The van der Waals surface area contributed by atoms with Crippen LogP contribution in [0.25, 0.3) is 0 Å². The van der Waals surface area contributed by atoms with Crippen molar-refractivity contribution in [3.05, 3.63) is 59.0 Å². The van der Waals surface area contributed by atoms with Crippen LogP contribution >= 0.6 is 11.6 Å². The van der Waals surface area contributed by atoms with Crippen molar-refractivity contribution in [2.24, 2.45) is 0 Å². The molecule has 2 aromatic heterocycles. The smallest absolute Gasteiger partial charge is 0.254 e. The van der Waals surface area contributed by atoms with Gasteiger partial charge >= 0.3 is 0 Å². The van der Waals surface area contributed by atoms with Gasteiger partial charge in [0.25, 0.3) is 11.8 Å². The summed E-state index contributed by atoms with van der Waals surface area (Å²) in [6, 6.07) is 6.71. The van der Waals surface area contributed by atoms with E-state index in [-0.39, 0.29) is 5.91 Å². The van der Waals surface area contributed by atoms with E-state index in [0.29, 0.717) is 28.0 Å². The molecule has 0 radical (unpaired) electrons. The van der Waals surface area contributed by atoms with E-state index in [1.54, 1.807) is 55.2 Å². The predicted molar refractivity (Wildman–Crippen MR) is 101 cm³/mol. The molecule has 0 unspecified atom stereocenters. The van der Waals surface area contributed by atoms with Gasteiger partial charge in [-0.05, 0) is 45.9 Å². The van der Waals surface area contributed by atoms with Crippen molar-refractivity contribution >= 4 is 23.2 Å². The molecule has 3 aromatic rings. The molecule has 0 aliphatic carbocycles. The highest BCUT2D eigenvalue weighted by Crippen LogP contribution is 2.27. The van der Waals surface area contributed by atoms with Crippen molar-refractivity contribution in [3.8, 4) is 0 Å². The lowest BCUT2D eigenvalue weighted by molar-refractivity contribution is 0.0907. The summed E-state index contributed by atoms with van der Waals surface area (Å²) in [4.78, 5) is 17.0. The minimum absolute atomic E-state index is 0.284. The van der Waals surface area contributed by atoms with Crippen LogP contribution < -0.4 is 11.1 Å². The number of carbonyl (C=O) groups is 1. The Hall–Kier alpha value is -2.87. The minimum atomic E-state index is -0.861. The Morgan fingerprint density at radius 3 is 2.67 bits per heavy atom. The quantitative estimate of drug-likeness (QED) is 0.694. The Bertz CT molecular complexity index is 976. The van der Waals surface area contributed by atoms with Gasteiger partial charge in [0.2, 0.25) is 0 Å². The van der Waals surface area contributed by atoms with Crippen LogP contribution in [-0.4, -0.2) is 25.8 Å². The number of aromatic nitrogens is 4. The first-order chi connectivity index (χ1) is 12.6. The lowest BCUT2D eigenvalue weighted by Crippen LogP contribution is -2.42. The average molecular weight is 389 g/mol. The Labute approximate surface area is 161 Å². The monoisotopic (exact) mass is 388 g/mol. The zero-order chi connectivity index (χ0) is 19.8. The highest BCUT2D eigenvalue weighted by Gasteiger charge is 2.35. The number of hydrogen-bond acceptors (Lipinski definition) is 6. The molecule has 0 fully saturated rings. The van der Waals surface area contributed by atoms with Crippen molar-refractivity contribution in [2.45, 2.75) is 38.8 Å². The molecule has 1 aromatic carbocycles. The Kier molecular flexibility index (Phi) is 4.69. The first kappa shape index (κ1) is 18.9. The van der Waals surface area contributed by atoms with Gasteiger partial charge in [-0.2, -0.15) is 10.1 Å². The number of halogens is 1. The minimum Gasteiger partial charge on any atom is -0.396 e. The van der Waals surface area contributed by atoms with Crippen LogP contribution in [0.5, 0.6) is 0 Å². The van der Waals surface area contributed by atoms with E-state index in [2.05, 4.69) is 20.6 Å². The number of nitrogens with zero attached hydrogens (tertiary/aromatic N) is 4. The summed E-state index contributed by atoms with van der Waals surface area (Å²) in [6.07, 6.45) is 3.24. The second-order valence-electron chi connectivity index (χ2n) is 7.29. The fourth-order valence-corrected chi connectivity index (χ4v) is 2.70. The first-order valence-electron chi connectivity index (χ1n) is 8.33. The van der Waals surface area contributed by atoms with Gasteiger partial charge in [-0.1, -0.05) is 22.8 Å². The number of anilines is 1. The standard InChI is InChI=1S/C18H21ClN6O2/c1-17(2,23-14(26)11-6-5-7-12(19)8-11)15-22-16(27-24-15)18(3,4)25-10-13(20)9-21-25/h5-10H,20H2,1-4H3,(H,23,26). The van der Waals surface area contributed by atoms with Gasteiger partial charge in [0.15, 0.2) is 5.82 Å². The Morgan fingerprint density at radius 2 is 2.04 bits per heavy atom. The molecule has 0 aliphatic rings. The molecule has 27 heavy (non-hydrogen) atoms. The summed E-state index contributed by atoms with van der Waals surface area (Å²) in [5.74, 6) is 0.416. The molecule has 9 heteroatoms. The van der Waals surface area contributed by atoms with Gasteiger partial charge in [0.05, 0.1) is 17.4 Å². The van der Waals surface area contributed by atoms with Crippen LogP contribution in [0, 0.1) is 0 Å². The SMILES string of the molecule is CC(C)(NC(=O)c1cccc(Cl)c1)c1noc(C(C)(C)n2cc(N)cn2)n1. The van der Waals surface area contributed by atoms with Crippen LogP contribution in [0.1, 0.15) is 49.8 Å². The van der Waals surface area contributed by atoms with Crippen LogP contribution in [-0.2, 0) is 11.1 Å². The molecule has 3 rings (SSSR count). The zero-order valence-electron chi connectivity index (χ0n) is 15.5. The maximum absolute atomic E-state index is 12.5. The topological polar surface area (TPSA) is 112 Å². The fourth-order valence-electron chi connectivity index (χ4n) is 2.51. The van der Waals surface area contributed by atoms with Crippen molar-refractivity contribution in [1.29, 1.82) is 0 Å². The number of amides is 1. The first-order valence-corrected chi connectivity index (χ1v) is 8.71. The van der Waals surface area contributed by atoms with E-state index < -0.39 is 11.1 Å². The molecule has 0 aliphatic heterocycles. The second kappa shape index (κ2) is 6.70. The lowest BCUT2D eigenvalue weighted by Gasteiger charge is -2.23. The number of nitrogens with one attached hydrogen (secondary N) is 1. The van der Waals surface area contributed by atoms with E-state index in [1.165, 1.54) is 0 Å². The van der Waals surface area contributed by atoms with E-state index in [4.69, 9.17) is 21.9 Å². The van der Waals surface area contributed by atoms with E-state index in [9.17, 15) is 4.79 Å². The van der Waals surface area contributed by atoms with Gasteiger partial charge in [0, 0.05) is 16.8 Å². The fraction of sp³-hybridized carbons (Fsp3) is 0.333. The summed E-state index contributed by atoms with van der Waals surface area (Å²) < 4.78 is 7.10. The molecule has 8 nitrogen and oxygen atoms in total. The number of benzene rings is 1. The largest absolute Gasteiger partial charge is 0.396 e.